The van der Waals surface area contributed by atoms with Crippen molar-refractivity contribution in [3.05, 3.63) is 24.3 Å². The summed E-state index contributed by atoms with van der Waals surface area (Å²) in [5, 5.41) is 0. The number of hydrogen-bond donors (Lipinski definition) is 0. The molecule has 0 N–H and O–H groups in total. The molecular formula is C24H34O8. The number of fused-ring (bicyclic) bond motifs is 2. The molecule has 2 aliphatic rings. The van der Waals surface area contributed by atoms with E-state index in [1.54, 1.807) is 19.1 Å². The lowest BCUT2D eigenvalue weighted by molar-refractivity contribution is -0.157. The van der Waals surface area contributed by atoms with Crippen molar-refractivity contribution in [1.29, 1.82) is 0 Å². The summed E-state index contributed by atoms with van der Waals surface area (Å²) in [4.78, 5) is 48.3. The van der Waals surface area contributed by atoms with Gasteiger partial charge in [0.1, 0.15) is 24.6 Å². The van der Waals surface area contributed by atoms with Crippen molar-refractivity contribution in [1.82, 2.24) is 0 Å². The molecule has 32 heavy (non-hydrogen) atoms. The summed E-state index contributed by atoms with van der Waals surface area (Å²) < 4.78 is 22.3. The van der Waals surface area contributed by atoms with Gasteiger partial charge in [0.05, 0.1) is 12.5 Å². The van der Waals surface area contributed by atoms with Gasteiger partial charge in [0.2, 0.25) is 0 Å². The van der Waals surface area contributed by atoms with Crippen molar-refractivity contribution in [2.24, 2.45) is 23.7 Å². The van der Waals surface area contributed by atoms with E-state index in [1.807, 2.05) is 19.1 Å². The molecule has 0 aromatic heterocycles. The molecule has 1 heterocycles. The Hall–Kier alpha value is -2.48. The molecule has 2 bridgehead atoms. The minimum atomic E-state index is -0.708. The van der Waals surface area contributed by atoms with Gasteiger partial charge in [-0.05, 0) is 25.3 Å². The number of carbonyl (C=O) groups excluding carboxylic acids is 4. The molecule has 8 heteroatoms. The van der Waals surface area contributed by atoms with E-state index < -0.39 is 54.0 Å². The van der Waals surface area contributed by atoms with Crippen LogP contribution in [0, 0.1) is 23.7 Å². The Kier molecular flexibility index (Phi) is 9.62. The fourth-order valence-corrected chi connectivity index (χ4v) is 4.78. The van der Waals surface area contributed by atoms with Gasteiger partial charge in [-0.15, -0.1) is 0 Å². The second kappa shape index (κ2) is 11.9. The molecule has 1 aliphatic carbocycles. The molecule has 0 saturated heterocycles. The topological polar surface area (TPSA) is 105 Å². The third kappa shape index (κ3) is 6.76. The number of rotatable bonds is 4. The standard InChI is InChI=1S/C24H34O8/c1-14-11-18-20(13-25)19(23(29-5)24(18)32-17(4)27)12-22(28)30-15(2)9-7-6-8-10-21(14)31-16(3)26/h6-8,10,13-15,18-21,23-24H,9,11-12H2,1-5H3/b7-6+,10-8-. The molecule has 0 aromatic carbocycles. The van der Waals surface area contributed by atoms with Crippen molar-refractivity contribution < 1.29 is 38.1 Å². The van der Waals surface area contributed by atoms with Crippen LogP contribution in [0.1, 0.15) is 47.0 Å². The number of ether oxygens (including phenoxy) is 4. The van der Waals surface area contributed by atoms with Crippen LogP contribution in [0.3, 0.4) is 0 Å². The van der Waals surface area contributed by atoms with Crippen LogP contribution >= 0.6 is 0 Å². The van der Waals surface area contributed by atoms with Crippen LogP contribution in [0.2, 0.25) is 0 Å². The van der Waals surface area contributed by atoms with Crippen molar-refractivity contribution in [2.45, 2.75) is 71.4 Å². The van der Waals surface area contributed by atoms with E-state index in [9.17, 15) is 19.2 Å². The zero-order valence-corrected chi connectivity index (χ0v) is 19.4. The number of carbonyl (C=O) groups is 4. The molecule has 8 unspecified atom stereocenters. The molecule has 1 aliphatic heterocycles. The maximum atomic E-state index is 12.6. The quantitative estimate of drug-likeness (QED) is 0.366. The first-order valence-corrected chi connectivity index (χ1v) is 11.0. The fraction of sp³-hybridized carbons (Fsp3) is 0.667. The van der Waals surface area contributed by atoms with Crippen LogP contribution in [0.25, 0.3) is 0 Å². The molecule has 0 amide bonds. The highest BCUT2D eigenvalue weighted by Crippen LogP contribution is 2.45. The van der Waals surface area contributed by atoms with Crippen LogP contribution in [0.15, 0.2) is 24.3 Å². The summed E-state index contributed by atoms with van der Waals surface area (Å²) in [6.45, 7) is 6.35. The number of esters is 3. The lowest BCUT2D eigenvalue weighted by Gasteiger charge is -2.29. The molecule has 1 fully saturated rings. The minimum Gasteiger partial charge on any atom is -0.462 e. The van der Waals surface area contributed by atoms with Gasteiger partial charge in [-0.1, -0.05) is 25.2 Å². The maximum absolute atomic E-state index is 12.6. The molecule has 2 rings (SSSR count). The molecule has 0 radical (unpaired) electrons. The van der Waals surface area contributed by atoms with Crippen LogP contribution in [0.5, 0.6) is 0 Å². The first-order chi connectivity index (χ1) is 15.2. The smallest absolute Gasteiger partial charge is 0.306 e. The number of aldehydes is 1. The summed E-state index contributed by atoms with van der Waals surface area (Å²) in [5.41, 5.74) is 0. The second-order valence-electron chi connectivity index (χ2n) is 8.66. The molecular weight excluding hydrogens is 416 g/mol. The van der Waals surface area contributed by atoms with Gasteiger partial charge >= 0.3 is 17.9 Å². The summed E-state index contributed by atoms with van der Waals surface area (Å²) in [6, 6.07) is 0. The normalized spacial score (nSPS) is 37.8. The number of allylic oxidation sites excluding steroid dienone is 2. The predicted molar refractivity (Wildman–Crippen MR) is 115 cm³/mol. The summed E-state index contributed by atoms with van der Waals surface area (Å²) in [7, 11) is 1.48. The summed E-state index contributed by atoms with van der Waals surface area (Å²) >= 11 is 0. The Morgan fingerprint density at radius 3 is 2.34 bits per heavy atom. The van der Waals surface area contributed by atoms with Crippen LogP contribution in [-0.2, 0) is 38.1 Å². The Morgan fingerprint density at radius 1 is 1.06 bits per heavy atom. The SMILES string of the molecule is COC1C2CC(=O)OC(C)C/C=C/C=C\C(OC(C)=O)C(C)CC(C2C=O)C1OC(C)=O. The minimum absolute atomic E-state index is 0.0236. The first kappa shape index (κ1) is 25.8. The monoisotopic (exact) mass is 450 g/mol. The number of methoxy groups -OCH3 is 1. The van der Waals surface area contributed by atoms with Gasteiger partial charge in [-0.2, -0.15) is 0 Å². The third-order valence-electron chi connectivity index (χ3n) is 6.15. The second-order valence-corrected chi connectivity index (χ2v) is 8.66. The molecule has 1 saturated carbocycles. The largest absolute Gasteiger partial charge is 0.462 e. The molecule has 0 spiro atoms. The fourth-order valence-electron chi connectivity index (χ4n) is 4.78. The van der Waals surface area contributed by atoms with E-state index in [-0.39, 0.29) is 18.4 Å². The van der Waals surface area contributed by atoms with Gasteiger partial charge in [0.25, 0.3) is 0 Å². The maximum Gasteiger partial charge on any atom is 0.306 e. The third-order valence-corrected chi connectivity index (χ3v) is 6.15. The highest BCUT2D eigenvalue weighted by molar-refractivity contribution is 5.71. The Morgan fingerprint density at radius 2 is 1.75 bits per heavy atom. The van der Waals surface area contributed by atoms with Gasteiger partial charge in [-0.3, -0.25) is 14.4 Å². The Bertz CT molecular complexity index is 742. The predicted octanol–water partition coefficient (Wildman–Crippen LogP) is 2.79. The average molecular weight is 451 g/mol. The lowest BCUT2D eigenvalue weighted by atomic mass is 9.81. The number of cyclic esters (lactones) is 1. The highest BCUT2D eigenvalue weighted by atomic mass is 16.6. The zero-order chi connectivity index (χ0) is 23.8. The molecule has 8 nitrogen and oxygen atoms in total. The first-order valence-electron chi connectivity index (χ1n) is 11.0. The van der Waals surface area contributed by atoms with Crippen LogP contribution in [0.4, 0.5) is 0 Å². The Balaban J connectivity index is 2.47. The van der Waals surface area contributed by atoms with Gasteiger partial charge in [0.15, 0.2) is 0 Å². The van der Waals surface area contributed by atoms with Crippen molar-refractivity contribution >= 4 is 24.2 Å². The van der Waals surface area contributed by atoms with Gasteiger partial charge in [-0.25, -0.2) is 0 Å². The number of hydrogen-bond acceptors (Lipinski definition) is 8. The molecule has 8 atom stereocenters. The van der Waals surface area contributed by atoms with E-state index in [4.69, 9.17) is 18.9 Å². The zero-order valence-electron chi connectivity index (χ0n) is 19.4. The van der Waals surface area contributed by atoms with E-state index in [1.165, 1.54) is 21.0 Å². The van der Waals surface area contributed by atoms with E-state index in [2.05, 4.69) is 0 Å². The van der Waals surface area contributed by atoms with Gasteiger partial charge < -0.3 is 23.7 Å². The van der Waals surface area contributed by atoms with Crippen molar-refractivity contribution in [2.75, 3.05) is 7.11 Å². The average Bonchev–Trinajstić information content (AvgIpc) is 2.96. The molecule has 178 valence electrons. The molecule has 0 aromatic rings. The van der Waals surface area contributed by atoms with Crippen molar-refractivity contribution in [3.63, 3.8) is 0 Å². The van der Waals surface area contributed by atoms with Crippen molar-refractivity contribution in [3.8, 4) is 0 Å². The van der Waals surface area contributed by atoms with E-state index >= 15 is 0 Å². The van der Waals surface area contributed by atoms with Crippen LogP contribution < -0.4 is 0 Å². The Labute approximate surface area is 189 Å². The van der Waals surface area contributed by atoms with Gasteiger partial charge in [0, 0.05) is 45.1 Å². The lowest BCUT2D eigenvalue weighted by Crippen LogP contribution is -2.36. The summed E-state index contributed by atoms with van der Waals surface area (Å²) in [5.74, 6) is -3.00. The van der Waals surface area contributed by atoms with E-state index in [0.717, 1.165) is 6.29 Å². The summed E-state index contributed by atoms with van der Waals surface area (Å²) in [6.07, 6.45) is 6.77. The van der Waals surface area contributed by atoms with Crippen LogP contribution in [-0.4, -0.2) is 55.7 Å². The van der Waals surface area contributed by atoms with E-state index in [0.29, 0.717) is 12.8 Å². The highest BCUT2D eigenvalue weighted by Gasteiger charge is 2.53.